The third-order valence-electron chi connectivity index (χ3n) is 2.09. The maximum atomic E-state index is 11.5. The first kappa shape index (κ1) is 12.7. The summed E-state index contributed by atoms with van der Waals surface area (Å²) in [6.07, 6.45) is 1.76. The third kappa shape index (κ3) is 2.74. The van der Waals surface area contributed by atoms with Crippen molar-refractivity contribution in [2.24, 2.45) is 0 Å². The summed E-state index contributed by atoms with van der Waals surface area (Å²) in [5.41, 5.74) is 0.626. The number of thiazole rings is 2. The van der Waals surface area contributed by atoms with Crippen LogP contribution >= 0.6 is 22.7 Å². The van der Waals surface area contributed by atoms with Crippen LogP contribution < -0.4 is 20.1 Å². The molecule has 0 aliphatic heterocycles. The zero-order valence-corrected chi connectivity index (χ0v) is 11.5. The Kier molecular flexibility index (Phi) is 3.44. The van der Waals surface area contributed by atoms with Gasteiger partial charge >= 0.3 is 0 Å². The fraction of sp³-hybridized carbons (Fsp3) is 0.182. The minimum atomic E-state index is -0.163. The molecule has 94 valence electrons. The monoisotopic (exact) mass is 281 g/mol. The van der Waals surface area contributed by atoms with Gasteiger partial charge < -0.3 is 10.3 Å². The zero-order valence-electron chi connectivity index (χ0n) is 9.86. The van der Waals surface area contributed by atoms with E-state index in [4.69, 9.17) is 0 Å². The van der Waals surface area contributed by atoms with Gasteiger partial charge in [0, 0.05) is 6.92 Å². The summed E-state index contributed by atoms with van der Waals surface area (Å²) in [7, 11) is 0. The number of carbonyl (C=O) groups is 1. The van der Waals surface area contributed by atoms with Crippen LogP contribution in [-0.4, -0.2) is 15.9 Å². The first-order valence-corrected chi connectivity index (χ1v) is 6.74. The molecule has 0 unspecified atom stereocenters. The van der Waals surface area contributed by atoms with E-state index < -0.39 is 0 Å². The molecule has 2 heterocycles. The largest absolute Gasteiger partial charge is 0.313 e. The summed E-state index contributed by atoms with van der Waals surface area (Å²) in [6, 6.07) is 0. The van der Waals surface area contributed by atoms with Crippen molar-refractivity contribution in [3.8, 4) is 0 Å². The first-order chi connectivity index (χ1) is 8.45. The van der Waals surface area contributed by atoms with E-state index in [0.29, 0.717) is 14.3 Å². The van der Waals surface area contributed by atoms with Gasteiger partial charge in [0.05, 0.1) is 19.8 Å². The van der Waals surface area contributed by atoms with Crippen LogP contribution in [0.5, 0.6) is 0 Å². The first-order valence-electron chi connectivity index (χ1n) is 5.10. The average molecular weight is 281 g/mol. The fourth-order valence-electron chi connectivity index (χ4n) is 1.35. The van der Waals surface area contributed by atoms with E-state index >= 15 is 0 Å². The molecule has 0 radical (unpaired) electrons. The topological polar surface area (TPSA) is 74.8 Å². The minimum absolute atomic E-state index is 0.154. The number of anilines is 1. The minimum Gasteiger partial charge on any atom is -0.313 e. The Bertz CT molecular complexity index is 754. The number of amides is 1. The van der Waals surface area contributed by atoms with Gasteiger partial charge in [-0.25, -0.2) is 4.98 Å². The van der Waals surface area contributed by atoms with Gasteiger partial charge in [-0.15, -0.1) is 11.3 Å². The summed E-state index contributed by atoms with van der Waals surface area (Å²) >= 11 is 2.63. The highest BCUT2D eigenvalue weighted by atomic mass is 32.1. The predicted molar refractivity (Wildman–Crippen MR) is 74.4 cm³/mol. The van der Waals surface area contributed by atoms with Gasteiger partial charge in [-0.3, -0.25) is 9.59 Å². The smallest absolute Gasteiger partial charge is 0.266 e. The van der Waals surface area contributed by atoms with Crippen LogP contribution in [0.15, 0.2) is 4.79 Å². The van der Waals surface area contributed by atoms with Gasteiger partial charge in [0.1, 0.15) is 0 Å². The van der Waals surface area contributed by atoms with Gasteiger partial charge in [0.2, 0.25) is 5.91 Å². The number of carbonyl (C=O) groups excluding carboxylic acids is 1. The molecule has 2 aromatic heterocycles. The van der Waals surface area contributed by atoms with E-state index in [1.165, 1.54) is 29.6 Å². The molecule has 0 spiro atoms. The van der Waals surface area contributed by atoms with E-state index in [1.807, 2.05) is 6.92 Å². The molecule has 7 heteroatoms. The maximum absolute atomic E-state index is 11.5. The summed E-state index contributed by atoms with van der Waals surface area (Å²) in [5, 5.41) is 3.16. The molecule has 0 aliphatic carbocycles. The molecule has 0 saturated carbocycles. The van der Waals surface area contributed by atoms with Crippen molar-refractivity contribution >= 4 is 46.4 Å². The molecule has 0 saturated heterocycles. The van der Waals surface area contributed by atoms with E-state index in [2.05, 4.69) is 21.9 Å². The number of hydrogen-bond acceptors (Lipinski definition) is 5. The Balaban J connectivity index is 2.47. The number of nitrogens with one attached hydrogen (secondary N) is 2. The molecule has 0 bridgehead atoms. The van der Waals surface area contributed by atoms with Crippen molar-refractivity contribution in [3.63, 3.8) is 0 Å². The number of aromatic amines is 1. The van der Waals surface area contributed by atoms with Crippen molar-refractivity contribution in [2.45, 2.75) is 13.8 Å². The number of rotatable bonds is 2. The summed E-state index contributed by atoms with van der Waals surface area (Å²) in [5.74, 6) is -0.163. The molecule has 0 fully saturated rings. The lowest BCUT2D eigenvalue weighted by molar-refractivity contribution is -0.114. The van der Waals surface area contributed by atoms with Crippen LogP contribution in [0.25, 0.3) is 12.7 Å². The predicted octanol–water partition coefficient (Wildman–Crippen LogP) is 0.399. The lowest BCUT2D eigenvalue weighted by Gasteiger charge is -1.91. The normalized spacial score (nSPS) is 11.8. The quantitative estimate of drug-likeness (QED) is 0.836. The molecule has 1 amide bonds. The summed E-state index contributed by atoms with van der Waals surface area (Å²) in [4.78, 5) is 30.2. The van der Waals surface area contributed by atoms with Gasteiger partial charge in [0.15, 0.2) is 5.13 Å². The van der Waals surface area contributed by atoms with Crippen LogP contribution in [0.3, 0.4) is 0 Å². The van der Waals surface area contributed by atoms with Gasteiger partial charge in [-0.1, -0.05) is 17.9 Å². The molecule has 18 heavy (non-hydrogen) atoms. The van der Waals surface area contributed by atoms with Gasteiger partial charge in [0.25, 0.3) is 5.56 Å². The fourth-order valence-corrected chi connectivity index (χ4v) is 3.11. The van der Waals surface area contributed by atoms with E-state index in [9.17, 15) is 9.59 Å². The van der Waals surface area contributed by atoms with Crippen LogP contribution in [0.2, 0.25) is 0 Å². The molecular weight excluding hydrogens is 270 g/mol. The molecule has 0 aromatic carbocycles. The lowest BCUT2D eigenvalue weighted by Crippen LogP contribution is -2.19. The molecular formula is C11H11N3O2S2. The van der Waals surface area contributed by atoms with E-state index in [1.54, 1.807) is 6.08 Å². The number of aromatic nitrogens is 2. The highest BCUT2D eigenvalue weighted by molar-refractivity contribution is 7.17. The molecule has 0 aliphatic rings. The van der Waals surface area contributed by atoms with Gasteiger partial charge in [-0.05, 0) is 13.0 Å². The Labute approximate surface area is 111 Å². The average Bonchev–Trinajstić information content (AvgIpc) is 2.71. The van der Waals surface area contributed by atoms with Crippen LogP contribution in [0.4, 0.5) is 5.13 Å². The molecule has 2 aromatic rings. The highest BCUT2D eigenvalue weighted by Crippen LogP contribution is 2.22. The number of H-pyrrole nitrogens is 1. The number of nitrogens with zero attached hydrogens (tertiary/aromatic N) is 1. The third-order valence-corrected chi connectivity index (χ3v) is 3.98. The molecule has 0 atom stereocenters. The van der Waals surface area contributed by atoms with Crippen LogP contribution in [0, 0.1) is 6.92 Å². The van der Waals surface area contributed by atoms with E-state index in [0.717, 1.165) is 10.6 Å². The van der Waals surface area contributed by atoms with Crippen molar-refractivity contribution in [2.75, 3.05) is 5.32 Å². The van der Waals surface area contributed by atoms with Crippen molar-refractivity contribution in [3.05, 3.63) is 30.1 Å². The summed E-state index contributed by atoms with van der Waals surface area (Å²) < 4.78 is 1.21. The van der Waals surface area contributed by atoms with Crippen LogP contribution in [-0.2, 0) is 4.79 Å². The standard InChI is InChI=1S/C11H11N3O2S2/c1-5-8(18-11(12-5)13-6(2)15)4-9-10(16)14-7(3)17-9/h4H,3H2,1-2H3,(H,14,16)(H,12,13,15)/b9-4-. The lowest BCUT2D eigenvalue weighted by atomic mass is 10.4. The SMILES string of the molecule is C=c1[nH]c(=O)/c(=C/c2sc(NC(C)=O)nc2C)s1. The Morgan fingerprint density at radius 2 is 2.22 bits per heavy atom. The van der Waals surface area contributed by atoms with E-state index in [-0.39, 0.29) is 11.5 Å². The Morgan fingerprint density at radius 3 is 2.78 bits per heavy atom. The molecule has 2 N–H and O–H groups in total. The Morgan fingerprint density at radius 1 is 1.50 bits per heavy atom. The van der Waals surface area contributed by atoms with Crippen molar-refractivity contribution in [1.82, 2.24) is 9.97 Å². The zero-order chi connectivity index (χ0) is 13.3. The highest BCUT2D eigenvalue weighted by Gasteiger charge is 2.07. The summed E-state index contributed by atoms with van der Waals surface area (Å²) in [6.45, 7) is 6.95. The molecule has 5 nitrogen and oxygen atoms in total. The van der Waals surface area contributed by atoms with Crippen molar-refractivity contribution in [1.29, 1.82) is 0 Å². The second kappa shape index (κ2) is 4.87. The number of hydrogen-bond donors (Lipinski definition) is 2. The second-order valence-electron chi connectivity index (χ2n) is 3.64. The Hall–Kier alpha value is -1.73. The maximum Gasteiger partial charge on any atom is 0.266 e. The second-order valence-corrected chi connectivity index (χ2v) is 5.81. The van der Waals surface area contributed by atoms with Gasteiger partial charge in [-0.2, -0.15) is 0 Å². The molecule has 2 rings (SSSR count). The van der Waals surface area contributed by atoms with Crippen LogP contribution in [0.1, 0.15) is 17.5 Å². The van der Waals surface area contributed by atoms with Crippen molar-refractivity contribution < 1.29 is 4.79 Å². The number of aryl methyl sites for hydroxylation is 1.